The average molecular weight is 676 g/mol. The molecule has 0 saturated carbocycles. The van der Waals surface area contributed by atoms with Crippen LogP contribution in [0.4, 0.5) is 10.1 Å². The van der Waals surface area contributed by atoms with Gasteiger partial charge in [0, 0.05) is 37.3 Å². The third-order valence-electron chi connectivity index (χ3n) is 7.27. The Labute approximate surface area is 252 Å². The minimum atomic E-state index is -4.23. The second-order valence-corrected chi connectivity index (χ2v) is 15.8. The Kier molecular flexibility index (Phi) is 7.48. The van der Waals surface area contributed by atoms with Gasteiger partial charge in [-0.25, -0.2) is 28.5 Å². The molecule has 43 heavy (non-hydrogen) atoms. The first-order chi connectivity index (χ1) is 20.5. The average Bonchev–Trinajstić information content (AvgIpc) is 3.74. The first-order valence-corrected chi connectivity index (χ1v) is 18.3. The second kappa shape index (κ2) is 10.9. The van der Waals surface area contributed by atoms with Gasteiger partial charge >= 0.3 is 13.6 Å². The number of nitrogen functional groups attached to an aromatic ring is 1. The minimum Gasteiger partial charge on any atom is -0.397 e. The van der Waals surface area contributed by atoms with Gasteiger partial charge in [-0.2, -0.15) is 0 Å². The van der Waals surface area contributed by atoms with Crippen LogP contribution in [0.15, 0.2) is 48.0 Å². The van der Waals surface area contributed by atoms with Crippen molar-refractivity contribution < 1.29 is 41.1 Å². The van der Waals surface area contributed by atoms with Gasteiger partial charge in [0.25, 0.3) is 5.56 Å². The number of imidazole rings is 2. The molecule has 0 aromatic carbocycles. The Morgan fingerprint density at radius 2 is 1.72 bits per heavy atom. The smallest absolute Gasteiger partial charge is 0.386 e. The maximum Gasteiger partial charge on any atom is 0.386 e. The quantitative estimate of drug-likeness (QED) is 0.208. The molecule has 4 aromatic rings. The summed E-state index contributed by atoms with van der Waals surface area (Å²) in [7, 11) is 0. The summed E-state index contributed by atoms with van der Waals surface area (Å²) in [6, 6.07) is 2.85. The van der Waals surface area contributed by atoms with Crippen molar-refractivity contribution >= 4 is 60.7 Å². The molecule has 7 heterocycles. The van der Waals surface area contributed by atoms with Crippen LogP contribution in [-0.4, -0.2) is 72.3 Å². The number of anilines is 1. The van der Waals surface area contributed by atoms with E-state index in [0.717, 1.165) is 0 Å². The number of nitrogens with zero attached hydrogens (tertiary/aromatic N) is 6. The van der Waals surface area contributed by atoms with E-state index in [1.807, 2.05) is 0 Å². The lowest BCUT2D eigenvalue weighted by molar-refractivity contribution is -0.0564. The second-order valence-electron chi connectivity index (χ2n) is 10.0. The van der Waals surface area contributed by atoms with E-state index in [9.17, 15) is 13.9 Å². The van der Waals surface area contributed by atoms with Crippen molar-refractivity contribution in [2.45, 2.75) is 49.5 Å². The molecule has 2 bridgehead atoms. The van der Waals surface area contributed by atoms with Crippen molar-refractivity contribution in [1.82, 2.24) is 28.5 Å². The third kappa shape index (κ3) is 5.45. The van der Waals surface area contributed by atoms with Gasteiger partial charge in [0.1, 0.15) is 23.8 Å². The molecule has 2 N–H and O–H groups in total. The monoisotopic (exact) mass is 675 g/mol. The van der Waals surface area contributed by atoms with Crippen molar-refractivity contribution in [1.29, 1.82) is 0 Å². The van der Waals surface area contributed by atoms with E-state index in [4.69, 9.17) is 33.3 Å². The minimum absolute atomic E-state index is 0.0896. The molecule has 0 unspecified atom stereocenters. The number of rotatable bonds is 2. The van der Waals surface area contributed by atoms with Crippen LogP contribution in [0.3, 0.4) is 0 Å². The Balaban J connectivity index is 1.19. The zero-order valence-corrected chi connectivity index (χ0v) is 25.4. The highest BCUT2D eigenvalue weighted by molar-refractivity contribution is 8.44. The molecule has 0 spiro atoms. The number of hydrogen-bond acceptors (Lipinski definition) is 13. The molecule has 3 saturated heterocycles. The molecule has 4 aromatic heterocycles. The van der Waals surface area contributed by atoms with E-state index in [-0.39, 0.29) is 30.0 Å². The summed E-state index contributed by atoms with van der Waals surface area (Å²) in [6.45, 7) is -9.24. The Hall–Kier alpha value is -2.31. The van der Waals surface area contributed by atoms with Crippen molar-refractivity contribution in [3.63, 3.8) is 0 Å². The van der Waals surface area contributed by atoms with Crippen LogP contribution in [0.1, 0.15) is 18.9 Å². The molecule has 21 heteroatoms. The maximum absolute atomic E-state index is 16.0. The summed E-state index contributed by atoms with van der Waals surface area (Å²) < 4.78 is 81.4. The number of halogens is 1. The first-order valence-electron chi connectivity index (χ1n) is 12.9. The van der Waals surface area contributed by atoms with Crippen LogP contribution in [0.5, 0.6) is 0 Å². The SMILES string of the molecule is Nc1ccnc2c1ncn2[C@@H]1O[C@@H]2CO[P@@](=O)(S)O[C@@H]3C[C@@H](CO[P@@](=O)(S)O[C@H]2[C@@H]1F)O[C@H]3n1ccc(=O)n2ccnc12. The molecule has 16 nitrogen and oxygen atoms in total. The molecular weight excluding hydrogens is 651 g/mol. The largest absolute Gasteiger partial charge is 0.397 e. The van der Waals surface area contributed by atoms with E-state index in [2.05, 4.69) is 39.4 Å². The summed E-state index contributed by atoms with van der Waals surface area (Å²) in [5, 5.41) is 0. The molecule has 0 amide bonds. The number of thiol groups is 2. The lowest BCUT2D eigenvalue weighted by atomic mass is 10.1. The van der Waals surface area contributed by atoms with Gasteiger partial charge < -0.3 is 15.2 Å². The highest BCUT2D eigenvalue weighted by Crippen LogP contribution is 2.60. The van der Waals surface area contributed by atoms with Gasteiger partial charge in [0.15, 0.2) is 24.3 Å². The summed E-state index contributed by atoms with van der Waals surface area (Å²) in [5.41, 5.74) is 6.54. The zero-order valence-electron chi connectivity index (χ0n) is 21.8. The molecule has 7 rings (SSSR count). The highest BCUT2D eigenvalue weighted by Gasteiger charge is 2.52. The van der Waals surface area contributed by atoms with Gasteiger partial charge in [-0.15, -0.1) is 0 Å². The summed E-state index contributed by atoms with van der Waals surface area (Å²) >= 11 is 8.21. The van der Waals surface area contributed by atoms with E-state index >= 15 is 4.39 Å². The van der Waals surface area contributed by atoms with Crippen molar-refractivity contribution in [3.8, 4) is 0 Å². The van der Waals surface area contributed by atoms with E-state index < -0.39 is 63.2 Å². The molecule has 0 aliphatic carbocycles. The number of alkyl halides is 1. The molecule has 0 radical (unpaired) electrons. The highest BCUT2D eigenvalue weighted by atomic mass is 32.7. The lowest BCUT2D eigenvalue weighted by Gasteiger charge is -2.26. The Morgan fingerprint density at radius 1 is 0.930 bits per heavy atom. The fourth-order valence-electron chi connectivity index (χ4n) is 5.36. The molecule has 3 fully saturated rings. The number of fused-ring (bicyclic) bond motifs is 5. The zero-order chi connectivity index (χ0) is 30.1. The predicted octanol–water partition coefficient (Wildman–Crippen LogP) is 2.94. The van der Waals surface area contributed by atoms with Crippen LogP contribution >= 0.6 is 38.1 Å². The van der Waals surface area contributed by atoms with Gasteiger partial charge in [0.05, 0.1) is 31.3 Å². The molecule has 3 aliphatic heterocycles. The van der Waals surface area contributed by atoms with E-state index in [0.29, 0.717) is 11.2 Å². The summed E-state index contributed by atoms with van der Waals surface area (Å²) in [5.74, 6) is 0.234. The van der Waals surface area contributed by atoms with Gasteiger partial charge in [-0.3, -0.25) is 36.4 Å². The van der Waals surface area contributed by atoms with E-state index in [1.165, 1.54) is 50.7 Å². The normalized spacial score (nSPS) is 37.1. The molecule has 3 aliphatic rings. The molecular formula is C22H24FN7O9P2S2. The molecule has 230 valence electrons. The Morgan fingerprint density at radius 3 is 2.56 bits per heavy atom. The first kappa shape index (κ1) is 29.4. The summed E-state index contributed by atoms with van der Waals surface area (Å²) in [4.78, 5) is 24.9. The summed E-state index contributed by atoms with van der Waals surface area (Å²) in [6.07, 6.45) is -1.60. The third-order valence-corrected chi connectivity index (χ3v) is 10.5. The van der Waals surface area contributed by atoms with Crippen LogP contribution in [-0.2, 0) is 36.7 Å². The number of hydrogen-bond donors (Lipinski definition) is 3. The van der Waals surface area contributed by atoms with Crippen molar-refractivity contribution in [3.05, 3.63) is 53.6 Å². The standard InChI is InChI=1S/C22H24FN7O9P2S2/c23-16-18-14(37-21(16)30-10-27-17-12(24)1-3-25-19(17)30)9-35-40(32,42)38-13-7-11(8-34-41(33,43)39-18)36-20(13)29-5-2-15(31)28-6-4-26-22(28)29/h1-6,10-11,13-14,16,18,20-21H,7-9H2,(H2,24,25)(H,32,42)(H,33,43)/t11-,13+,14+,16-,18+,20+,21+,40+,41+/m0/s1. The fourth-order valence-corrected chi connectivity index (χ4v) is 8.35. The van der Waals surface area contributed by atoms with Gasteiger partial charge in [0.2, 0.25) is 5.78 Å². The topological polar surface area (TPSA) is 186 Å². The number of pyridine rings is 1. The van der Waals surface area contributed by atoms with E-state index in [1.54, 1.807) is 6.07 Å². The number of ether oxygens (including phenoxy) is 2. The lowest BCUT2D eigenvalue weighted by Crippen LogP contribution is -2.33. The van der Waals surface area contributed by atoms with Crippen LogP contribution < -0.4 is 11.3 Å². The predicted molar refractivity (Wildman–Crippen MR) is 154 cm³/mol. The maximum atomic E-state index is 16.0. The van der Waals surface area contributed by atoms with Gasteiger partial charge in [-0.1, -0.05) is 24.5 Å². The fraction of sp³-hybridized carbons (Fsp3) is 0.455. The van der Waals surface area contributed by atoms with Crippen LogP contribution in [0.25, 0.3) is 16.9 Å². The van der Waals surface area contributed by atoms with Gasteiger partial charge in [-0.05, 0) is 6.07 Å². The van der Waals surface area contributed by atoms with Crippen LogP contribution in [0, 0.1) is 0 Å². The number of aromatic nitrogens is 6. The number of nitrogens with two attached hydrogens (primary N) is 1. The Bertz CT molecular complexity index is 1860. The van der Waals surface area contributed by atoms with Crippen molar-refractivity contribution in [2.75, 3.05) is 18.9 Å². The molecule has 9 atom stereocenters. The van der Waals surface area contributed by atoms with Crippen molar-refractivity contribution in [2.24, 2.45) is 0 Å². The van der Waals surface area contributed by atoms with Crippen LogP contribution in [0.2, 0.25) is 0 Å².